The van der Waals surface area contributed by atoms with Gasteiger partial charge in [-0.2, -0.15) is 0 Å². The summed E-state index contributed by atoms with van der Waals surface area (Å²) in [6.45, 7) is 1.80. The number of benzene rings is 2. The number of hydrogen-bond donors (Lipinski definition) is 2. The molecule has 2 aromatic carbocycles. The minimum atomic E-state index is -0.876. The summed E-state index contributed by atoms with van der Waals surface area (Å²) < 4.78 is 31.9. The van der Waals surface area contributed by atoms with Gasteiger partial charge in [-0.05, 0) is 36.6 Å². The Morgan fingerprint density at radius 3 is 2.52 bits per heavy atom. The number of anilines is 1. The molecule has 144 valence electrons. The first-order chi connectivity index (χ1) is 12.8. The van der Waals surface area contributed by atoms with Crippen molar-refractivity contribution in [2.45, 2.75) is 26.2 Å². The van der Waals surface area contributed by atoms with Gasteiger partial charge < -0.3 is 15.2 Å². The first-order valence-corrected chi connectivity index (χ1v) is 8.47. The summed E-state index contributed by atoms with van der Waals surface area (Å²) in [5.74, 6) is -3.02. The number of halogens is 2. The van der Waals surface area contributed by atoms with Gasteiger partial charge in [-0.25, -0.2) is 8.78 Å². The molecule has 2 rings (SSSR count). The fraction of sp³-hybridized carbons (Fsp3) is 0.300. The first kappa shape index (κ1) is 20.4. The summed E-state index contributed by atoms with van der Waals surface area (Å²) in [6.07, 6.45) is 0.718. The number of amides is 1. The molecule has 0 fully saturated rings. The van der Waals surface area contributed by atoms with E-state index < -0.39 is 29.4 Å². The molecule has 1 amide bonds. The molecule has 2 aromatic rings. The highest BCUT2D eigenvalue weighted by molar-refractivity contribution is 5.92. The molecule has 1 unspecified atom stereocenters. The second-order valence-corrected chi connectivity index (χ2v) is 6.14. The smallest absolute Gasteiger partial charge is 0.306 e. The molecule has 0 heterocycles. The van der Waals surface area contributed by atoms with Gasteiger partial charge in [0, 0.05) is 11.6 Å². The molecule has 0 aromatic heterocycles. The minimum Gasteiger partial charge on any atom is -0.496 e. The van der Waals surface area contributed by atoms with E-state index in [0.717, 1.165) is 17.7 Å². The van der Waals surface area contributed by atoms with E-state index in [1.165, 1.54) is 7.11 Å². The zero-order valence-electron chi connectivity index (χ0n) is 15.1. The van der Waals surface area contributed by atoms with Crippen LogP contribution in [-0.2, 0) is 22.4 Å². The molecule has 1 atom stereocenters. The van der Waals surface area contributed by atoms with Crippen LogP contribution in [0.2, 0.25) is 0 Å². The summed E-state index contributed by atoms with van der Waals surface area (Å²) >= 11 is 0. The Labute approximate surface area is 156 Å². The Morgan fingerprint density at radius 1 is 1.19 bits per heavy atom. The van der Waals surface area contributed by atoms with E-state index in [1.54, 1.807) is 25.1 Å². The van der Waals surface area contributed by atoms with Crippen LogP contribution in [-0.4, -0.2) is 24.1 Å². The van der Waals surface area contributed by atoms with Gasteiger partial charge in [0.1, 0.15) is 17.4 Å². The van der Waals surface area contributed by atoms with Gasteiger partial charge in [0.2, 0.25) is 5.91 Å². The number of methoxy groups -OCH3 is 1. The van der Waals surface area contributed by atoms with Crippen LogP contribution in [0, 0.1) is 17.6 Å². The predicted octanol–water partition coefficient (Wildman–Crippen LogP) is 3.81. The molecule has 27 heavy (non-hydrogen) atoms. The standard InChI is InChI=1S/C20H21F2NO4/c1-3-13(20(25)26)8-12-4-7-18(27-2)14(9-12)10-19(24)23-17-6-5-15(21)11-16(17)22/h4-7,9,11,13H,3,8,10H2,1-2H3,(H,23,24)(H,25,26). The van der Waals surface area contributed by atoms with Crippen molar-refractivity contribution >= 4 is 17.6 Å². The Kier molecular flexibility index (Phi) is 6.87. The average molecular weight is 377 g/mol. The molecule has 7 heteroatoms. The van der Waals surface area contributed by atoms with E-state index in [0.29, 0.717) is 30.2 Å². The molecule has 0 saturated carbocycles. The highest BCUT2D eigenvalue weighted by atomic mass is 19.1. The number of rotatable bonds is 8. The summed E-state index contributed by atoms with van der Waals surface area (Å²) in [4.78, 5) is 23.5. The Bertz CT molecular complexity index is 839. The molecule has 0 aliphatic heterocycles. The zero-order valence-corrected chi connectivity index (χ0v) is 15.1. The lowest BCUT2D eigenvalue weighted by Crippen LogP contribution is -2.17. The lowest BCUT2D eigenvalue weighted by molar-refractivity contribution is -0.141. The van der Waals surface area contributed by atoms with Crippen LogP contribution in [0.15, 0.2) is 36.4 Å². The number of carboxylic acids is 1. The third kappa shape index (κ3) is 5.51. The van der Waals surface area contributed by atoms with E-state index in [4.69, 9.17) is 4.74 Å². The largest absolute Gasteiger partial charge is 0.496 e. The molecule has 0 aliphatic rings. The van der Waals surface area contributed by atoms with Crippen LogP contribution in [0.3, 0.4) is 0 Å². The van der Waals surface area contributed by atoms with Crippen LogP contribution < -0.4 is 10.1 Å². The maximum Gasteiger partial charge on any atom is 0.306 e. The van der Waals surface area contributed by atoms with E-state index in [9.17, 15) is 23.5 Å². The molecule has 0 spiro atoms. The van der Waals surface area contributed by atoms with Gasteiger partial charge in [-0.3, -0.25) is 9.59 Å². The quantitative estimate of drug-likeness (QED) is 0.734. The lowest BCUT2D eigenvalue weighted by Gasteiger charge is -2.14. The van der Waals surface area contributed by atoms with Crippen LogP contribution >= 0.6 is 0 Å². The van der Waals surface area contributed by atoms with Crippen LogP contribution in [0.4, 0.5) is 14.5 Å². The van der Waals surface area contributed by atoms with E-state index >= 15 is 0 Å². The maximum absolute atomic E-state index is 13.7. The Morgan fingerprint density at radius 2 is 1.93 bits per heavy atom. The Hall–Kier alpha value is -2.96. The molecule has 5 nitrogen and oxygen atoms in total. The van der Waals surface area contributed by atoms with Gasteiger partial charge in [0.05, 0.1) is 25.1 Å². The third-order valence-electron chi connectivity index (χ3n) is 4.23. The molecule has 0 radical (unpaired) electrons. The topological polar surface area (TPSA) is 75.6 Å². The molecular formula is C20H21F2NO4. The molecule has 0 aliphatic carbocycles. The lowest BCUT2D eigenvalue weighted by atomic mass is 9.95. The molecule has 0 saturated heterocycles. The zero-order chi connectivity index (χ0) is 20.0. The predicted molar refractivity (Wildman–Crippen MR) is 96.8 cm³/mol. The van der Waals surface area contributed by atoms with Gasteiger partial charge in [-0.15, -0.1) is 0 Å². The molecule has 2 N–H and O–H groups in total. The molecular weight excluding hydrogens is 356 g/mol. The highest BCUT2D eigenvalue weighted by Crippen LogP contribution is 2.24. The van der Waals surface area contributed by atoms with Crippen molar-refractivity contribution in [2.24, 2.45) is 5.92 Å². The Balaban J connectivity index is 2.16. The van der Waals surface area contributed by atoms with E-state index in [1.807, 2.05) is 0 Å². The third-order valence-corrected chi connectivity index (χ3v) is 4.23. The van der Waals surface area contributed by atoms with Crippen molar-refractivity contribution in [3.8, 4) is 5.75 Å². The van der Waals surface area contributed by atoms with Crippen molar-refractivity contribution in [1.82, 2.24) is 0 Å². The first-order valence-electron chi connectivity index (χ1n) is 8.47. The number of carbonyl (C=O) groups excluding carboxylic acids is 1. The molecule has 0 bridgehead atoms. The van der Waals surface area contributed by atoms with Crippen molar-refractivity contribution in [3.63, 3.8) is 0 Å². The van der Waals surface area contributed by atoms with Gasteiger partial charge >= 0.3 is 5.97 Å². The fourth-order valence-corrected chi connectivity index (χ4v) is 2.75. The highest BCUT2D eigenvalue weighted by Gasteiger charge is 2.17. The second kappa shape index (κ2) is 9.12. The SMILES string of the molecule is CCC(Cc1ccc(OC)c(CC(=O)Nc2ccc(F)cc2F)c1)C(=O)O. The van der Waals surface area contributed by atoms with Crippen LogP contribution in [0.25, 0.3) is 0 Å². The van der Waals surface area contributed by atoms with E-state index in [-0.39, 0.29) is 12.1 Å². The summed E-state index contributed by atoms with van der Waals surface area (Å²) in [5, 5.41) is 11.6. The van der Waals surface area contributed by atoms with Gasteiger partial charge in [-0.1, -0.05) is 19.1 Å². The van der Waals surface area contributed by atoms with Crippen molar-refractivity contribution < 1.29 is 28.2 Å². The fourth-order valence-electron chi connectivity index (χ4n) is 2.75. The van der Waals surface area contributed by atoms with Gasteiger partial charge in [0.25, 0.3) is 0 Å². The number of carboxylic acid groups (broad SMARTS) is 1. The number of hydrogen-bond acceptors (Lipinski definition) is 3. The van der Waals surface area contributed by atoms with Crippen LogP contribution in [0.1, 0.15) is 24.5 Å². The number of carbonyl (C=O) groups is 2. The van der Waals surface area contributed by atoms with Crippen LogP contribution in [0.5, 0.6) is 5.75 Å². The maximum atomic E-state index is 13.7. The van der Waals surface area contributed by atoms with Gasteiger partial charge in [0.15, 0.2) is 0 Å². The monoisotopic (exact) mass is 377 g/mol. The average Bonchev–Trinajstić information content (AvgIpc) is 2.62. The summed E-state index contributed by atoms with van der Waals surface area (Å²) in [6, 6.07) is 8.03. The number of nitrogens with one attached hydrogen (secondary N) is 1. The minimum absolute atomic E-state index is 0.0995. The van der Waals surface area contributed by atoms with Crippen molar-refractivity contribution in [2.75, 3.05) is 12.4 Å². The summed E-state index contributed by atoms with van der Waals surface area (Å²) in [5.41, 5.74) is 1.20. The second-order valence-electron chi connectivity index (χ2n) is 6.14. The summed E-state index contributed by atoms with van der Waals surface area (Å²) in [7, 11) is 1.46. The normalized spacial score (nSPS) is 11.7. The van der Waals surface area contributed by atoms with E-state index in [2.05, 4.69) is 5.32 Å². The van der Waals surface area contributed by atoms with Crippen molar-refractivity contribution in [1.29, 1.82) is 0 Å². The van der Waals surface area contributed by atoms with Crippen molar-refractivity contribution in [3.05, 3.63) is 59.2 Å². The number of aliphatic carboxylic acids is 1. The number of ether oxygens (including phenoxy) is 1.